The van der Waals surface area contributed by atoms with Crippen LogP contribution in [-0.4, -0.2) is 22.0 Å². The molecule has 0 fully saturated rings. The van der Waals surface area contributed by atoms with Gasteiger partial charge in [-0.25, -0.2) is 0 Å². The molecule has 4 heteroatoms. The van der Waals surface area contributed by atoms with E-state index >= 15 is 0 Å². The van der Waals surface area contributed by atoms with Crippen LogP contribution in [0.25, 0.3) is 5.69 Å². The Balaban J connectivity index is 2.10. The molecular weight excluding hydrogens is 248 g/mol. The van der Waals surface area contributed by atoms with E-state index in [9.17, 15) is 0 Å². The van der Waals surface area contributed by atoms with Gasteiger partial charge in [0.1, 0.15) is 5.69 Å². The third-order valence-corrected chi connectivity index (χ3v) is 3.39. The molecule has 1 aromatic heterocycles. The normalized spacial score (nSPS) is 13.4. The van der Waals surface area contributed by atoms with Crippen LogP contribution < -0.4 is 5.32 Å². The van der Waals surface area contributed by atoms with E-state index in [4.69, 9.17) is 0 Å². The summed E-state index contributed by atoms with van der Waals surface area (Å²) in [6, 6.07) is 10.3. The molecule has 0 bridgehead atoms. The molecule has 0 aliphatic rings. The Kier molecular flexibility index (Phi) is 4.55. The summed E-state index contributed by atoms with van der Waals surface area (Å²) in [5, 5.41) is 12.3. The van der Waals surface area contributed by atoms with Crippen LogP contribution in [0.1, 0.15) is 45.3 Å². The van der Waals surface area contributed by atoms with Gasteiger partial charge in [-0.05, 0) is 37.4 Å². The van der Waals surface area contributed by atoms with Gasteiger partial charge in [0.2, 0.25) is 0 Å². The van der Waals surface area contributed by atoms with Crippen molar-refractivity contribution in [3.05, 3.63) is 42.2 Å². The molecule has 0 spiro atoms. The quantitative estimate of drug-likeness (QED) is 0.907. The van der Waals surface area contributed by atoms with Gasteiger partial charge in [0.25, 0.3) is 0 Å². The first-order valence-electron chi connectivity index (χ1n) is 7.14. The summed E-state index contributed by atoms with van der Waals surface area (Å²) in [5.74, 6) is 0. The Morgan fingerprint density at radius 1 is 1.20 bits per heavy atom. The van der Waals surface area contributed by atoms with Crippen molar-refractivity contribution in [1.82, 2.24) is 20.3 Å². The van der Waals surface area contributed by atoms with Crippen LogP contribution in [0.3, 0.4) is 0 Å². The third kappa shape index (κ3) is 3.90. The molecular formula is C16H24N4. The number of nitrogens with zero attached hydrogens (tertiary/aromatic N) is 3. The highest BCUT2D eigenvalue weighted by molar-refractivity contribution is 5.28. The average Bonchev–Trinajstić information content (AvgIpc) is 2.89. The summed E-state index contributed by atoms with van der Waals surface area (Å²) in [7, 11) is 1.98. The van der Waals surface area contributed by atoms with E-state index in [1.807, 2.05) is 43.6 Å². The molecule has 0 amide bonds. The lowest BCUT2D eigenvalue weighted by atomic mass is 9.88. The predicted molar refractivity (Wildman–Crippen MR) is 81.8 cm³/mol. The van der Waals surface area contributed by atoms with Crippen LogP contribution in [0.2, 0.25) is 0 Å². The molecule has 1 heterocycles. The smallest absolute Gasteiger partial charge is 0.100 e. The molecule has 0 saturated carbocycles. The molecule has 2 aromatic rings. The summed E-state index contributed by atoms with van der Waals surface area (Å²) in [6.45, 7) is 6.79. The minimum Gasteiger partial charge on any atom is -0.312 e. The largest absolute Gasteiger partial charge is 0.312 e. The first-order valence-corrected chi connectivity index (χ1v) is 7.14. The maximum atomic E-state index is 4.60. The zero-order valence-corrected chi connectivity index (χ0v) is 12.8. The SMILES string of the molecule is CNC(CCC(C)(C)C)c1cnn(-c2ccccc2)n1. The fourth-order valence-electron chi connectivity index (χ4n) is 2.14. The van der Waals surface area contributed by atoms with Crippen molar-refractivity contribution >= 4 is 0 Å². The van der Waals surface area contributed by atoms with Crippen molar-refractivity contribution in [3.8, 4) is 5.69 Å². The highest BCUT2D eigenvalue weighted by atomic mass is 15.5. The zero-order chi connectivity index (χ0) is 14.6. The van der Waals surface area contributed by atoms with Gasteiger partial charge in [0.05, 0.1) is 17.9 Å². The summed E-state index contributed by atoms with van der Waals surface area (Å²) in [4.78, 5) is 1.69. The molecule has 1 aromatic carbocycles. The molecule has 1 unspecified atom stereocenters. The maximum Gasteiger partial charge on any atom is 0.100 e. The van der Waals surface area contributed by atoms with Crippen molar-refractivity contribution in [3.63, 3.8) is 0 Å². The van der Waals surface area contributed by atoms with Gasteiger partial charge in [0, 0.05) is 0 Å². The minimum atomic E-state index is 0.256. The monoisotopic (exact) mass is 272 g/mol. The number of benzene rings is 1. The Bertz CT molecular complexity index is 525. The Hall–Kier alpha value is -1.68. The average molecular weight is 272 g/mol. The zero-order valence-electron chi connectivity index (χ0n) is 12.8. The number of aromatic nitrogens is 3. The molecule has 1 atom stereocenters. The summed E-state index contributed by atoms with van der Waals surface area (Å²) in [6.07, 6.45) is 4.07. The van der Waals surface area contributed by atoms with Crippen LogP contribution in [0, 0.1) is 5.41 Å². The number of hydrogen-bond acceptors (Lipinski definition) is 3. The maximum absolute atomic E-state index is 4.60. The molecule has 0 aliphatic carbocycles. The molecule has 0 radical (unpaired) electrons. The highest BCUT2D eigenvalue weighted by Crippen LogP contribution is 2.26. The van der Waals surface area contributed by atoms with E-state index in [1.165, 1.54) is 0 Å². The van der Waals surface area contributed by atoms with Crippen molar-refractivity contribution in [2.75, 3.05) is 7.05 Å². The van der Waals surface area contributed by atoms with Crippen molar-refractivity contribution < 1.29 is 0 Å². The number of hydrogen-bond donors (Lipinski definition) is 1. The van der Waals surface area contributed by atoms with Crippen molar-refractivity contribution in [1.29, 1.82) is 0 Å². The van der Waals surface area contributed by atoms with E-state index in [0.717, 1.165) is 24.2 Å². The molecule has 2 rings (SSSR count). The molecule has 0 saturated heterocycles. The summed E-state index contributed by atoms with van der Waals surface area (Å²) < 4.78 is 0. The van der Waals surface area contributed by atoms with Crippen molar-refractivity contribution in [2.45, 2.75) is 39.7 Å². The second kappa shape index (κ2) is 6.18. The standard InChI is InChI=1S/C16H24N4/c1-16(2,3)11-10-14(17-4)15-12-18-20(19-15)13-8-6-5-7-9-13/h5-9,12,14,17H,10-11H2,1-4H3. The van der Waals surface area contributed by atoms with Crippen LogP contribution in [0.4, 0.5) is 0 Å². The van der Waals surface area contributed by atoms with Crippen molar-refractivity contribution in [2.24, 2.45) is 5.41 Å². The summed E-state index contributed by atoms with van der Waals surface area (Å²) in [5.41, 5.74) is 2.33. The molecule has 108 valence electrons. The van der Waals surface area contributed by atoms with Gasteiger partial charge in [-0.3, -0.25) is 0 Å². The van der Waals surface area contributed by atoms with Crippen LogP contribution in [-0.2, 0) is 0 Å². The lowest BCUT2D eigenvalue weighted by Crippen LogP contribution is -2.19. The molecule has 4 nitrogen and oxygen atoms in total. The van der Waals surface area contributed by atoms with E-state index in [1.54, 1.807) is 4.80 Å². The van der Waals surface area contributed by atoms with Gasteiger partial charge in [-0.1, -0.05) is 39.0 Å². The van der Waals surface area contributed by atoms with Gasteiger partial charge in [-0.2, -0.15) is 15.0 Å². The predicted octanol–water partition coefficient (Wildman–Crippen LogP) is 3.35. The lowest BCUT2D eigenvalue weighted by molar-refractivity contribution is 0.335. The minimum absolute atomic E-state index is 0.256. The first kappa shape index (κ1) is 14.7. The molecule has 20 heavy (non-hydrogen) atoms. The topological polar surface area (TPSA) is 42.7 Å². The van der Waals surface area contributed by atoms with E-state index < -0.39 is 0 Å². The van der Waals surface area contributed by atoms with E-state index in [-0.39, 0.29) is 6.04 Å². The van der Waals surface area contributed by atoms with Crippen LogP contribution >= 0.6 is 0 Å². The highest BCUT2D eigenvalue weighted by Gasteiger charge is 2.18. The lowest BCUT2D eigenvalue weighted by Gasteiger charge is -2.21. The molecule has 0 aliphatic heterocycles. The van der Waals surface area contributed by atoms with Gasteiger partial charge >= 0.3 is 0 Å². The third-order valence-electron chi connectivity index (χ3n) is 3.39. The first-order chi connectivity index (χ1) is 9.49. The molecule has 1 N–H and O–H groups in total. The number of nitrogens with one attached hydrogen (secondary N) is 1. The number of para-hydroxylation sites is 1. The summed E-state index contributed by atoms with van der Waals surface area (Å²) >= 11 is 0. The van der Waals surface area contributed by atoms with Crippen LogP contribution in [0.5, 0.6) is 0 Å². The van der Waals surface area contributed by atoms with Gasteiger partial charge < -0.3 is 5.32 Å². The Morgan fingerprint density at radius 2 is 1.90 bits per heavy atom. The Labute approximate surface area is 121 Å². The second-order valence-corrected chi connectivity index (χ2v) is 6.34. The fourth-order valence-corrected chi connectivity index (χ4v) is 2.14. The fraction of sp³-hybridized carbons (Fsp3) is 0.500. The second-order valence-electron chi connectivity index (χ2n) is 6.34. The van der Waals surface area contributed by atoms with Gasteiger partial charge in [0.15, 0.2) is 0 Å². The van der Waals surface area contributed by atoms with E-state index in [0.29, 0.717) is 5.41 Å². The number of rotatable bonds is 5. The Morgan fingerprint density at radius 3 is 2.50 bits per heavy atom. The van der Waals surface area contributed by atoms with E-state index in [2.05, 4.69) is 36.3 Å². The van der Waals surface area contributed by atoms with Crippen LogP contribution in [0.15, 0.2) is 36.5 Å². The van der Waals surface area contributed by atoms with Gasteiger partial charge in [-0.15, -0.1) is 0 Å².